The van der Waals surface area contributed by atoms with E-state index < -0.39 is 0 Å². The minimum Gasteiger partial charge on any atom is -0.484 e. The maximum Gasteiger partial charge on any atom is 0.258 e. The van der Waals surface area contributed by atoms with Crippen LogP contribution in [0.3, 0.4) is 0 Å². The summed E-state index contributed by atoms with van der Waals surface area (Å²) in [4.78, 5) is 22.8. The maximum atomic E-state index is 11.8. The van der Waals surface area contributed by atoms with Crippen molar-refractivity contribution in [2.45, 2.75) is 13.5 Å². The van der Waals surface area contributed by atoms with Gasteiger partial charge in [-0.1, -0.05) is 29.3 Å². The molecule has 0 bridgehead atoms. The Kier molecular flexibility index (Phi) is 6.46. The number of rotatable bonds is 6. The second kappa shape index (κ2) is 8.57. The van der Waals surface area contributed by atoms with Gasteiger partial charge < -0.3 is 15.4 Å². The van der Waals surface area contributed by atoms with Crippen molar-refractivity contribution < 1.29 is 14.3 Å². The fraction of sp³-hybridized carbons (Fsp3) is 0.176. The van der Waals surface area contributed by atoms with Gasteiger partial charge in [-0.05, 0) is 42.0 Å². The molecule has 7 heteroatoms. The molecule has 0 spiro atoms. The van der Waals surface area contributed by atoms with Gasteiger partial charge >= 0.3 is 0 Å². The van der Waals surface area contributed by atoms with Crippen LogP contribution in [-0.4, -0.2) is 18.4 Å². The molecule has 0 radical (unpaired) electrons. The van der Waals surface area contributed by atoms with Gasteiger partial charge in [0.15, 0.2) is 6.61 Å². The summed E-state index contributed by atoms with van der Waals surface area (Å²) < 4.78 is 5.39. The maximum absolute atomic E-state index is 11.8. The molecule has 0 saturated carbocycles. The van der Waals surface area contributed by atoms with Crippen LogP contribution in [0.4, 0.5) is 5.69 Å². The Labute approximate surface area is 149 Å². The number of benzene rings is 2. The smallest absolute Gasteiger partial charge is 0.258 e. The minimum atomic E-state index is -0.271. The van der Waals surface area contributed by atoms with Crippen molar-refractivity contribution in [1.82, 2.24) is 5.32 Å². The van der Waals surface area contributed by atoms with E-state index in [4.69, 9.17) is 27.9 Å². The molecule has 5 nitrogen and oxygen atoms in total. The summed E-state index contributed by atoms with van der Waals surface area (Å²) in [7, 11) is 0. The number of carbonyl (C=O) groups excluding carboxylic acids is 2. The highest BCUT2D eigenvalue weighted by Crippen LogP contribution is 2.20. The van der Waals surface area contributed by atoms with Crippen LogP contribution in [0.1, 0.15) is 12.5 Å². The third-order valence-electron chi connectivity index (χ3n) is 3.04. The zero-order chi connectivity index (χ0) is 17.5. The predicted octanol–water partition coefficient (Wildman–Crippen LogP) is 3.65. The van der Waals surface area contributed by atoms with Crippen molar-refractivity contribution >= 4 is 40.7 Å². The lowest BCUT2D eigenvalue weighted by atomic mass is 10.2. The quantitative estimate of drug-likeness (QED) is 0.819. The first-order valence-electron chi connectivity index (χ1n) is 7.15. The topological polar surface area (TPSA) is 67.4 Å². The molecule has 2 aromatic carbocycles. The van der Waals surface area contributed by atoms with E-state index in [1.54, 1.807) is 42.5 Å². The molecule has 2 rings (SSSR count). The molecule has 0 aliphatic heterocycles. The zero-order valence-corrected chi connectivity index (χ0v) is 14.4. The summed E-state index contributed by atoms with van der Waals surface area (Å²) in [6.07, 6.45) is 0. The van der Waals surface area contributed by atoms with Gasteiger partial charge in [0.2, 0.25) is 5.91 Å². The Hall–Kier alpha value is -2.24. The average Bonchev–Trinajstić information content (AvgIpc) is 2.53. The molecule has 2 aromatic rings. The number of halogens is 2. The molecule has 2 amide bonds. The Balaban J connectivity index is 1.79. The summed E-state index contributed by atoms with van der Waals surface area (Å²) in [5.41, 5.74) is 1.44. The van der Waals surface area contributed by atoms with E-state index in [0.29, 0.717) is 28.0 Å². The van der Waals surface area contributed by atoms with Crippen molar-refractivity contribution in [3.63, 3.8) is 0 Å². The summed E-state index contributed by atoms with van der Waals surface area (Å²) >= 11 is 11.9. The predicted molar refractivity (Wildman–Crippen MR) is 94.5 cm³/mol. The van der Waals surface area contributed by atoms with Gasteiger partial charge in [-0.2, -0.15) is 0 Å². The van der Waals surface area contributed by atoms with E-state index in [1.165, 1.54) is 6.92 Å². The van der Waals surface area contributed by atoms with E-state index >= 15 is 0 Å². The highest BCUT2D eigenvalue weighted by molar-refractivity contribution is 6.35. The molecule has 0 atom stereocenters. The molecule has 0 aromatic heterocycles. The van der Waals surface area contributed by atoms with Crippen LogP contribution in [0.25, 0.3) is 0 Å². The lowest BCUT2D eigenvalue weighted by Crippen LogP contribution is -2.28. The summed E-state index contributed by atoms with van der Waals surface area (Å²) in [5.74, 6) is 0.111. The van der Waals surface area contributed by atoms with Gasteiger partial charge in [0.25, 0.3) is 5.91 Å². The molecule has 126 valence electrons. The number of carbonyl (C=O) groups is 2. The lowest BCUT2D eigenvalue weighted by Gasteiger charge is -2.09. The number of hydrogen-bond acceptors (Lipinski definition) is 3. The van der Waals surface area contributed by atoms with E-state index in [2.05, 4.69) is 10.6 Å². The van der Waals surface area contributed by atoms with E-state index in [9.17, 15) is 9.59 Å². The molecule has 0 fully saturated rings. The molecule has 0 heterocycles. The van der Waals surface area contributed by atoms with Crippen molar-refractivity contribution in [2.24, 2.45) is 0 Å². The fourth-order valence-corrected chi connectivity index (χ4v) is 2.37. The summed E-state index contributed by atoms with van der Waals surface area (Å²) in [6, 6.07) is 11.8. The number of anilines is 1. The monoisotopic (exact) mass is 366 g/mol. The second-order valence-corrected chi connectivity index (χ2v) is 5.85. The van der Waals surface area contributed by atoms with E-state index in [0.717, 1.165) is 5.56 Å². The van der Waals surface area contributed by atoms with Gasteiger partial charge in [0, 0.05) is 29.2 Å². The van der Waals surface area contributed by atoms with Gasteiger partial charge in [0.05, 0.1) is 0 Å². The van der Waals surface area contributed by atoms with Gasteiger partial charge in [-0.15, -0.1) is 0 Å². The summed E-state index contributed by atoms with van der Waals surface area (Å²) in [5, 5.41) is 6.41. The van der Waals surface area contributed by atoms with Crippen molar-refractivity contribution in [3.8, 4) is 5.75 Å². The van der Waals surface area contributed by atoms with E-state index in [1.807, 2.05) is 0 Å². The third kappa shape index (κ3) is 5.76. The van der Waals surface area contributed by atoms with Crippen molar-refractivity contribution in [1.29, 1.82) is 0 Å². The third-order valence-corrected chi connectivity index (χ3v) is 3.62. The van der Waals surface area contributed by atoms with Gasteiger partial charge in [-0.3, -0.25) is 9.59 Å². The number of amides is 2. The number of hydrogen-bond donors (Lipinski definition) is 2. The largest absolute Gasteiger partial charge is 0.484 e. The number of ether oxygens (including phenoxy) is 1. The van der Waals surface area contributed by atoms with Crippen LogP contribution in [0.15, 0.2) is 42.5 Å². The first-order valence-corrected chi connectivity index (χ1v) is 7.91. The lowest BCUT2D eigenvalue weighted by molar-refractivity contribution is -0.123. The van der Waals surface area contributed by atoms with Crippen LogP contribution >= 0.6 is 23.2 Å². The van der Waals surface area contributed by atoms with Crippen molar-refractivity contribution in [2.75, 3.05) is 11.9 Å². The highest BCUT2D eigenvalue weighted by atomic mass is 35.5. The van der Waals surface area contributed by atoms with E-state index in [-0.39, 0.29) is 18.4 Å². The number of nitrogens with one attached hydrogen (secondary N) is 2. The second-order valence-electron chi connectivity index (χ2n) is 5.01. The molecular formula is C17H16Cl2N2O3. The summed E-state index contributed by atoms with van der Waals surface area (Å²) in [6.45, 7) is 1.60. The average molecular weight is 367 g/mol. The SMILES string of the molecule is CC(=O)Nc1ccc(OCC(=O)NCc2ccc(Cl)cc2Cl)cc1. The van der Waals surface area contributed by atoms with Gasteiger partial charge in [0.1, 0.15) is 5.75 Å². The molecule has 0 unspecified atom stereocenters. The zero-order valence-electron chi connectivity index (χ0n) is 12.9. The first kappa shape index (κ1) is 18.1. The Morgan fingerprint density at radius 1 is 1.08 bits per heavy atom. The standard InChI is InChI=1S/C17H16Cl2N2O3/c1-11(22)21-14-4-6-15(7-5-14)24-10-17(23)20-9-12-2-3-13(18)8-16(12)19/h2-8H,9-10H2,1H3,(H,20,23)(H,21,22). The molecule has 0 aliphatic rings. The molecule has 0 saturated heterocycles. The highest BCUT2D eigenvalue weighted by Gasteiger charge is 2.06. The van der Waals surface area contributed by atoms with Crippen LogP contribution in [0.5, 0.6) is 5.75 Å². The Morgan fingerprint density at radius 3 is 2.42 bits per heavy atom. The molecular weight excluding hydrogens is 351 g/mol. The Morgan fingerprint density at radius 2 is 1.79 bits per heavy atom. The normalized spacial score (nSPS) is 10.1. The van der Waals surface area contributed by atoms with Crippen LogP contribution in [0.2, 0.25) is 10.0 Å². The van der Waals surface area contributed by atoms with Crippen LogP contribution in [0, 0.1) is 0 Å². The van der Waals surface area contributed by atoms with Crippen LogP contribution < -0.4 is 15.4 Å². The molecule has 2 N–H and O–H groups in total. The minimum absolute atomic E-state index is 0.120. The first-order chi connectivity index (χ1) is 11.4. The van der Waals surface area contributed by atoms with Gasteiger partial charge in [-0.25, -0.2) is 0 Å². The molecule has 0 aliphatic carbocycles. The van der Waals surface area contributed by atoms with Crippen molar-refractivity contribution in [3.05, 3.63) is 58.1 Å². The Bertz CT molecular complexity index is 733. The fourth-order valence-electron chi connectivity index (χ4n) is 1.90. The van der Waals surface area contributed by atoms with Crippen LogP contribution in [-0.2, 0) is 16.1 Å². The molecule has 24 heavy (non-hydrogen) atoms.